The summed E-state index contributed by atoms with van der Waals surface area (Å²) in [4.78, 5) is 8.70. The number of hydrogen-bond donors (Lipinski definition) is 0. The highest BCUT2D eigenvalue weighted by molar-refractivity contribution is 6.35. The van der Waals surface area contributed by atoms with Gasteiger partial charge in [0.1, 0.15) is 0 Å². The maximum Gasteiger partial charge on any atom is 0.160 e. The first-order chi connectivity index (χ1) is 7.16. The van der Waals surface area contributed by atoms with Crippen LogP contribution < -0.4 is 0 Å². The van der Waals surface area contributed by atoms with Crippen molar-refractivity contribution in [2.75, 3.05) is 0 Å². The molecular formula is C12H13ClN2. The Balaban J connectivity index is 2.52. The van der Waals surface area contributed by atoms with Gasteiger partial charge < -0.3 is 0 Å². The van der Waals surface area contributed by atoms with Crippen LogP contribution in [0.3, 0.4) is 0 Å². The van der Waals surface area contributed by atoms with E-state index in [0.29, 0.717) is 5.92 Å². The van der Waals surface area contributed by atoms with E-state index in [9.17, 15) is 0 Å². The second-order valence-corrected chi connectivity index (χ2v) is 4.48. The first-order valence-corrected chi connectivity index (χ1v) is 5.45. The molecule has 0 saturated heterocycles. The predicted octanol–water partition coefficient (Wildman–Crippen LogP) is 3.48. The van der Waals surface area contributed by atoms with E-state index in [4.69, 9.17) is 11.6 Å². The molecule has 0 bridgehead atoms. The molecule has 0 saturated carbocycles. The lowest BCUT2D eigenvalue weighted by molar-refractivity contribution is 0.637. The van der Waals surface area contributed by atoms with Gasteiger partial charge in [-0.25, -0.2) is 9.97 Å². The Morgan fingerprint density at radius 3 is 2.93 bits per heavy atom. The molecule has 3 heteroatoms. The number of halogens is 1. The number of pyridine rings is 2. The largest absolute Gasteiger partial charge is 0.237 e. The van der Waals surface area contributed by atoms with Crippen LogP contribution in [0.2, 0.25) is 5.02 Å². The summed E-state index contributed by atoms with van der Waals surface area (Å²) in [6.07, 6.45) is 2.68. The third-order valence-corrected chi connectivity index (χ3v) is 2.52. The van der Waals surface area contributed by atoms with E-state index < -0.39 is 0 Å². The van der Waals surface area contributed by atoms with Gasteiger partial charge in [-0.05, 0) is 30.5 Å². The zero-order chi connectivity index (χ0) is 10.8. The van der Waals surface area contributed by atoms with Crippen LogP contribution in [0.4, 0.5) is 0 Å². The molecule has 0 aromatic carbocycles. The van der Waals surface area contributed by atoms with Gasteiger partial charge in [-0.1, -0.05) is 25.4 Å². The lowest BCUT2D eigenvalue weighted by Crippen LogP contribution is -1.98. The van der Waals surface area contributed by atoms with Crippen LogP contribution in [0, 0.1) is 5.92 Å². The Kier molecular flexibility index (Phi) is 2.87. The topological polar surface area (TPSA) is 25.8 Å². The summed E-state index contributed by atoms with van der Waals surface area (Å²) < 4.78 is 0. The van der Waals surface area contributed by atoms with E-state index in [2.05, 4.69) is 23.8 Å². The molecule has 0 radical (unpaired) electrons. The van der Waals surface area contributed by atoms with Crippen LogP contribution in [0.25, 0.3) is 11.0 Å². The fourth-order valence-electron chi connectivity index (χ4n) is 1.59. The van der Waals surface area contributed by atoms with Gasteiger partial charge in [0.15, 0.2) is 5.65 Å². The maximum atomic E-state index is 6.17. The van der Waals surface area contributed by atoms with Crippen molar-refractivity contribution in [2.45, 2.75) is 20.3 Å². The summed E-state index contributed by atoms with van der Waals surface area (Å²) in [6.45, 7) is 4.33. The molecule has 0 atom stereocenters. The smallest absolute Gasteiger partial charge is 0.160 e. The third kappa shape index (κ3) is 2.26. The molecule has 0 amide bonds. The van der Waals surface area contributed by atoms with Crippen LogP contribution in [0.15, 0.2) is 24.4 Å². The van der Waals surface area contributed by atoms with E-state index >= 15 is 0 Å². The Labute approximate surface area is 94.3 Å². The van der Waals surface area contributed by atoms with Crippen molar-refractivity contribution in [3.63, 3.8) is 0 Å². The fraction of sp³-hybridized carbons (Fsp3) is 0.333. The van der Waals surface area contributed by atoms with Gasteiger partial charge >= 0.3 is 0 Å². The standard InChI is InChI=1S/C12H13ClN2/c1-8(2)6-9-7-11(13)10-4-3-5-14-12(10)15-9/h3-5,7-8H,6H2,1-2H3. The Hall–Kier alpha value is -1.15. The quantitative estimate of drug-likeness (QED) is 0.775. The molecule has 15 heavy (non-hydrogen) atoms. The Morgan fingerprint density at radius 2 is 2.20 bits per heavy atom. The molecule has 2 heterocycles. The number of hydrogen-bond acceptors (Lipinski definition) is 2. The van der Waals surface area contributed by atoms with Crippen LogP contribution in [-0.4, -0.2) is 9.97 Å². The molecule has 0 aliphatic rings. The lowest BCUT2D eigenvalue weighted by atomic mass is 10.1. The summed E-state index contributed by atoms with van der Waals surface area (Å²) >= 11 is 6.17. The highest BCUT2D eigenvalue weighted by atomic mass is 35.5. The molecule has 78 valence electrons. The minimum atomic E-state index is 0.578. The molecule has 0 fully saturated rings. The summed E-state index contributed by atoms with van der Waals surface area (Å²) in [5.41, 5.74) is 1.75. The van der Waals surface area contributed by atoms with Crippen molar-refractivity contribution in [1.29, 1.82) is 0 Å². The molecular weight excluding hydrogens is 208 g/mol. The second-order valence-electron chi connectivity index (χ2n) is 4.07. The molecule has 2 aromatic heterocycles. The molecule has 0 aliphatic carbocycles. The van der Waals surface area contributed by atoms with Crippen molar-refractivity contribution in [3.8, 4) is 0 Å². The minimum Gasteiger partial charge on any atom is -0.237 e. The van der Waals surface area contributed by atoms with Gasteiger partial charge in [0, 0.05) is 17.3 Å². The summed E-state index contributed by atoms with van der Waals surface area (Å²) in [5, 5.41) is 1.66. The number of nitrogens with zero attached hydrogens (tertiary/aromatic N) is 2. The van der Waals surface area contributed by atoms with Crippen LogP contribution in [0.5, 0.6) is 0 Å². The molecule has 0 N–H and O–H groups in total. The Morgan fingerprint density at radius 1 is 1.40 bits per heavy atom. The van der Waals surface area contributed by atoms with Crippen molar-refractivity contribution in [3.05, 3.63) is 35.1 Å². The Bertz CT molecular complexity index is 480. The highest BCUT2D eigenvalue weighted by Crippen LogP contribution is 2.22. The van der Waals surface area contributed by atoms with Crippen LogP contribution in [0.1, 0.15) is 19.5 Å². The zero-order valence-electron chi connectivity index (χ0n) is 8.87. The summed E-state index contributed by atoms with van der Waals surface area (Å²) in [5.74, 6) is 0.578. The summed E-state index contributed by atoms with van der Waals surface area (Å²) in [6, 6.07) is 5.75. The van der Waals surface area contributed by atoms with E-state index in [1.54, 1.807) is 6.20 Å². The van der Waals surface area contributed by atoms with Gasteiger partial charge in [-0.15, -0.1) is 0 Å². The second kappa shape index (κ2) is 4.15. The van der Waals surface area contributed by atoms with Crippen molar-refractivity contribution in [1.82, 2.24) is 9.97 Å². The zero-order valence-corrected chi connectivity index (χ0v) is 9.62. The van der Waals surface area contributed by atoms with Crippen LogP contribution in [-0.2, 0) is 6.42 Å². The van der Waals surface area contributed by atoms with E-state index in [-0.39, 0.29) is 0 Å². The van der Waals surface area contributed by atoms with Gasteiger partial charge in [0.25, 0.3) is 0 Å². The molecule has 2 rings (SSSR count). The number of rotatable bonds is 2. The van der Waals surface area contributed by atoms with Gasteiger partial charge in [-0.2, -0.15) is 0 Å². The van der Waals surface area contributed by atoms with Gasteiger partial charge in [-0.3, -0.25) is 0 Å². The normalized spacial score (nSPS) is 11.2. The molecule has 2 nitrogen and oxygen atoms in total. The minimum absolute atomic E-state index is 0.578. The maximum absolute atomic E-state index is 6.17. The molecule has 0 spiro atoms. The lowest BCUT2D eigenvalue weighted by Gasteiger charge is -2.06. The third-order valence-electron chi connectivity index (χ3n) is 2.20. The van der Waals surface area contributed by atoms with E-state index in [0.717, 1.165) is 28.2 Å². The number of fused-ring (bicyclic) bond motifs is 1. The van der Waals surface area contributed by atoms with Crippen molar-refractivity contribution in [2.24, 2.45) is 5.92 Å². The molecule has 0 unspecified atom stereocenters. The van der Waals surface area contributed by atoms with Crippen LogP contribution >= 0.6 is 11.6 Å². The van der Waals surface area contributed by atoms with Crippen molar-refractivity contribution >= 4 is 22.6 Å². The van der Waals surface area contributed by atoms with Gasteiger partial charge in [0.05, 0.1) is 5.02 Å². The fourth-order valence-corrected chi connectivity index (χ4v) is 1.86. The average Bonchev–Trinajstić information content (AvgIpc) is 2.16. The monoisotopic (exact) mass is 220 g/mol. The van der Waals surface area contributed by atoms with Crippen molar-refractivity contribution < 1.29 is 0 Å². The molecule has 2 aromatic rings. The first-order valence-electron chi connectivity index (χ1n) is 5.07. The summed E-state index contributed by atoms with van der Waals surface area (Å²) in [7, 11) is 0. The van der Waals surface area contributed by atoms with E-state index in [1.165, 1.54) is 0 Å². The average molecular weight is 221 g/mol. The number of aromatic nitrogens is 2. The highest BCUT2D eigenvalue weighted by Gasteiger charge is 2.05. The van der Waals surface area contributed by atoms with Gasteiger partial charge in [0.2, 0.25) is 0 Å². The first kappa shape index (κ1) is 10.4. The van der Waals surface area contributed by atoms with E-state index in [1.807, 2.05) is 18.2 Å². The SMILES string of the molecule is CC(C)Cc1cc(Cl)c2cccnc2n1. The predicted molar refractivity (Wildman–Crippen MR) is 63.1 cm³/mol. The molecule has 0 aliphatic heterocycles.